The summed E-state index contributed by atoms with van der Waals surface area (Å²) in [6.45, 7) is 0. The van der Waals surface area contributed by atoms with E-state index in [0.29, 0.717) is 4.88 Å². The van der Waals surface area contributed by atoms with Gasteiger partial charge in [-0.3, -0.25) is 0 Å². The van der Waals surface area contributed by atoms with Crippen molar-refractivity contribution in [2.75, 3.05) is 0 Å². The molecule has 1 atom stereocenters. The maximum atomic E-state index is 8.79. The largest absolute Gasteiger partial charge is 0.373 e. The zero-order chi connectivity index (χ0) is 6.69. The minimum Gasteiger partial charge on any atom is -0.373 e. The minimum absolute atomic E-state index is 0.484. The summed E-state index contributed by atoms with van der Waals surface area (Å²) >= 11 is 1.02. The summed E-state index contributed by atoms with van der Waals surface area (Å²) in [4.78, 5) is 0.484. The fourth-order valence-corrected chi connectivity index (χ4v) is 0.794. The summed E-state index contributed by atoms with van der Waals surface area (Å²) in [5, 5.41) is 20.4. The lowest BCUT2D eigenvalue weighted by Gasteiger charge is -1.89. The molecule has 0 aliphatic carbocycles. The van der Waals surface area contributed by atoms with E-state index in [9.17, 15) is 0 Å². The highest BCUT2D eigenvalue weighted by atomic mass is 32.1. The van der Waals surface area contributed by atoms with Gasteiger partial charge in [0.1, 0.15) is 0 Å². The third-order valence-electron chi connectivity index (χ3n) is 0.770. The smallest absolute Gasteiger partial charge is 0.178 e. The number of rotatable bonds is 1. The van der Waals surface area contributed by atoms with Crippen LogP contribution in [0.15, 0.2) is 6.20 Å². The van der Waals surface area contributed by atoms with Crippen molar-refractivity contribution < 1.29 is 5.11 Å². The van der Waals surface area contributed by atoms with Gasteiger partial charge in [-0.1, -0.05) is 4.49 Å². The minimum atomic E-state index is -1.06. The predicted octanol–water partition coefficient (Wildman–Crippen LogP) is 0.0951. The summed E-state index contributed by atoms with van der Waals surface area (Å²) in [6.07, 6.45) is 0.309. The van der Waals surface area contributed by atoms with Crippen molar-refractivity contribution in [3.63, 3.8) is 0 Å². The van der Waals surface area contributed by atoms with Gasteiger partial charge in [-0.05, 0) is 11.5 Å². The van der Waals surface area contributed by atoms with Crippen LogP contribution in [0.2, 0.25) is 0 Å². The highest BCUT2D eigenvalue weighted by Gasteiger charge is 2.06. The predicted molar refractivity (Wildman–Crippen MR) is 30.5 cm³/mol. The van der Waals surface area contributed by atoms with Crippen LogP contribution in [0, 0.1) is 11.3 Å². The summed E-state index contributed by atoms with van der Waals surface area (Å²) in [5.41, 5.74) is 0. The van der Waals surface area contributed by atoms with Gasteiger partial charge in [0.15, 0.2) is 6.10 Å². The Morgan fingerprint density at radius 1 is 1.89 bits per heavy atom. The normalized spacial score (nSPS) is 12.4. The lowest BCUT2D eigenvalue weighted by molar-refractivity contribution is 0.239. The number of aromatic nitrogens is 2. The van der Waals surface area contributed by atoms with Crippen molar-refractivity contribution >= 4 is 11.5 Å². The van der Waals surface area contributed by atoms with Crippen LogP contribution in [0.25, 0.3) is 0 Å². The molecule has 0 saturated heterocycles. The van der Waals surface area contributed by atoms with Crippen molar-refractivity contribution in [2.45, 2.75) is 6.10 Å². The molecule has 1 N–H and O–H groups in total. The zero-order valence-electron chi connectivity index (χ0n) is 4.35. The van der Waals surface area contributed by atoms with E-state index in [1.807, 2.05) is 0 Å². The van der Waals surface area contributed by atoms with Gasteiger partial charge in [0, 0.05) is 0 Å². The summed E-state index contributed by atoms with van der Waals surface area (Å²) in [6, 6.07) is 1.65. The van der Waals surface area contributed by atoms with Gasteiger partial charge in [0.2, 0.25) is 0 Å². The van der Waals surface area contributed by atoms with E-state index in [0.717, 1.165) is 11.5 Å². The highest BCUT2D eigenvalue weighted by Crippen LogP contribution is 2.12. The average molecular weight is 141 g/mol. The number of aliphatic hydroxyl groups excluding tert-OH is 1. The Kier molecular flexibility index (Phi) is 1.72. The second-order valence-corrected chi connectivity index (χ2v) is 2.17. The molecule has 0 saturated carbocycles. The van der Waals surface area contributed by atoms with Crippen LogP contribution in [0.5, 0.6) is 0 Å². The summed E-state index contributed by atoms with van der Waals surface area (Å²) < 4.78 is 3.47. The van der Waals surface area contributed by atoms with Crippen LogP contribution < -0.4 is 0 Å². The molecule has 1 aromatic rings. The fourth-order valence-electron chi connectivity index (χ4n) is 0.359. The van der Waals surface area contributed by atoms with Crippen molar-refractivity contribution in [3.05, 3.63) is 11.1 Å². The van der Waals surface area contributed by atoms with E-state index in [1.165, 1.54) is 6.20 Å². The molecule has 4 nitrogen and oxygen atoms in total. The Balaban J connectivity index is 2.80. The second kappa shape index (κ2) is 2.53. The van der Waals surface area contributed by atoms with Crippen LogP contribution in [0.4, 0.5) is 0 Å². The Labute approximate surface area is 55.5 Å². The molecule has 0 aliphatic heterocycles. The molecule has 0 radical (unpaired) electrons. The van der Waals surface area contributed by atoms with Gasteiger partial charge in [-0.2, -0.15) is 5.26 Å². The molecule has 9 heavy (non-hydrogen) atoms. The molecule has 1 rings (SSSR count). The number of aliphatic hydroxyl groups is 1. The first-order valence-electron chi connectivity index (χ1n) is 2.19. The molecule has 0 fully saturated rings. The Bertz CT molecular complexity index is 214. The maximum Gasteiger partial charge on any atom is 0.178 e. The van der Waals surface area contributed by atoms with E-state index in [1.54, 1.807) is 6.07 Å². The summed E-state index contributed by atoms with van der Waals surface area (Å²) in [7, 11) is 0. The average Bonchev–Trinajstić information content (AvgIpc) is 2.37. The number of nitrogens with zero attached hydrogens (tertiary/aromatic N) is 3. The Hall–Kier alpha value is -0.990. The third kappa shape index (κ3) is 1.22. The van der Waals surface area contributed by atoms with Crippen LogP contribution in [0.1, 0.15) is 11.0 Å². The van der Waals surface area contributed by atoms with Crippen molar-refractivity contribution in [2.24, 2.45) is 0 Å². The molecule has 5 heteroatoms. The van der Waals surface area contributed by atoms with Crippen LogP contribution in [-0.2, 0) is 0 Å². The molecule has 0 unspecified atom stereocenters. The SMILES string of the molecule is N#C[C@@H](O)c1cnns1. The topological polar surface area (TPSA) is 69.8 Å². The first-order chi connectivity index (χ1) is 4.34. The van der Waals surface area contributed by atoms with E-state index >= 15 is 0 Å². The number of nitriles is 1. The van der Waals surface area contributed by atoms with Gasteiger partial charge in [-0.25, -0.2) is 0 Å². The molecule has 0 spiro atoms. The number of hydrogen-bond donors (Lipinski definition) is 1. The molecule has 46 valence electrons. The molecule has 0 aromatic carbocycles. The van der Waals surface area contributed by atoms with Gasteiger partial charge in [0.25, 0.3) is 0 Å². The maximum absolute atomic E-state index is 8.79. The first kappa shape index (κ1) is 6.13. The van der Waals surface area contributed by atoms with E-state index in [2.05, 4.69) is 9.59 Å². The molecule has 1 heterocycles. The van der Waals surface area contributed by atoms with Gasteiger partial charge < -0.3 is 5.11 Å². The van der Waals surface area contributed by atoms with Crippen LogP contribution in [-0.4, -0.2) is 14.7 Å². The molecule has 0 amide bonds. The van der Waals surface area contributed by atoms with Crippen molar-refractivity contribution in [3.8, 4) is 6.07 Å². The quantitative estimate of drug-likeness (QED) is 0.563. The molecule has 0 bridgehead atoms. The standard InChI is InChI=1S/C4H3N3OS/c5-1-3(8)4-2-6-7-9-4/h2-3,8H/t3-/m1/s1. The Morgan fingerprint density at radius 3 is 3.11 bits per heavy atom. The van der Waals surface area contributed by atoms with E-state index in [4.69, 9.17) is 10.4 Å². The number of hydrogen-bond acceptors (Lipinski definition) is 5. The highest BCUT2D eigenvalue weighted by molar-refractivity contribution is 7.05. The van der Waals surface area contributed by atoms with Crippen LogP contribution in [0.3, 0.4) is 0 Å². The third-order valence-corrected chi connectivity index (χ3v) is 1.49. The van der Waals surface area contributed by atoms with E-state index in [-0.39, 0.29) is 0 Å². The molecule has 1 aromatic heterocycles. The zero-order valence-corrected chi connectivity index (χ0v) is 5.17. The first-order valence-corrected chi connectivity index (χ1v) is 2.97. The molecular formula is C4H3N3OS. The van der Waals surface area contributed by atoms with E-state index < -0.39 is 6.10 Å². The molecular weight excluding hydrogens is 138 g/mol. The van der Waals surface area contributed by atoms with Gasteiger partial charge >= 0.3 is 0 Å². The van der Waals surface area contributed by atoms with Crippen LogP contribution >= 0.6 is 11.5 Å². The van der Waals surface area contributed by atoms with Crippen molar-refractivity contribution in [1.82, 2.24) is 9.59 Å². The van der Waals surface area contributed by atoms with Gasteiger partial charge in [-0.15, -0.1) is 5.10 Å². The fraction of sp³-hybridized carbons (Fsp3) is 0.250. The Morgan fingerprint density at radius 2 is 2.67 bits per heavy atom. The lowest BCUT2D eigenvalue weighted by atomic mass is 10.4. The molecule has 0 aliphatic rings. The monoisotopic (exact) mass is 141 g/mol. The summed E-state index contributed by atoms with van der Waals surface area (Å²) in [5.74, 6) is 0. The lowest BCUT2D eigenvalue weighted by Crippen LogP contribution is -1.87. The van der Waals surface area contributed by atoms with Crippen molar-refractivity contribution in [1.29, 1.82) is 5.26 Å². The van der Waals surface area contributed by atoms with Gasteiger partial charge in [0.05, 0.1) is 17.1 Å². The second-order valence-electron chi connectivity index (χ2n) is 1.35.